The first kappa shape index (κ1) is 21.8. The molecule has 0 aliphatic rings. The number of hydrazone groups is 1. The van der Waals surface area contributed by atoms with Gasteiger partial charge in [0.25, 0.3) is 11.6 Å². The van der Waals surface area contributed by atoms with Gasteiger partial charge in [-0.1, -0.05) is 54.6 Å². The monoisotopic (exact) mass is 464 g/mol. The second-order valence-corrected chi connectivity index (χ2v) is 8.07. The smallest absolute Gasteiger partial charge is 0.275 e. The highest BCUT2D eigenvalue weighted by atomic mass is 16.6. The lowest BCUT2D eigenvalue weighted by atomic mass is 10.1. The van der Waals surface area contributed by atoms with Crippen LogP contribution in [-0.2, 0) is 6.54 Å². The predicted molar refractivity (Wildman–Crippen MR) is 135 cm³/mol. The zero-order valence-corrected chi connectivity index (χ0v) is 18.5. The average molecular weight is 464 g/mol. The van der Waals surface area contributed by atoms with Crippen molar-refractivity contribution >= 4 is 39.5 Å². The number of carbonyl (C=O) groups is 1. The van der Waals surface area contributed by atoms with E-state index in [1.54, 1.807) is 30.5 Å². The third-order valence-electron chi connectivity index (χ3n) is 5.77. The van der Waals surface area contributed by atoms with Crippen molar-refractivity contribution in [2.24, 2.45) is 5.10 Å². The number of nitro benzene ring substituents is 1. The fraction of sp³-hybridized carbons (Fsp3) is 0.0370. The van der Waals surface area contributed by atoms with E-state index < -0.39 is 10.8 Å². The highest BCUT2D eigenvalue weighted by molar-refractivity contribution is 6.03. The predicted octanol–water partition coefficient (Wildman–Crippen LogP) is 5.22. The number of hydrogen-bond donors (Lipinski definition) is 2. The number of nitrogens with zero attached hydrogens (tertiary/aromatic N) is 3. The lowest BCUT2D eigenvalue weighted by molar-refractivity contribution is -0.384. The van der Waals surface area contributed by atoms with Crippen LogP contribution in [0.2, 0.25) is 0 Å². The number of nitro groups is 1. The van der Waals surface area contributed by atoms with Gasteiger partial charge in [-0.15, -0.1) is 0 Å². The highest BCUT2D eigenvalue weighted by Gasteiger charge is 2.13. The SMILES string of the molecule is O=C(NN=Cc1cn(Cc2cccc([N+](=O)[O-])c2)c2ccccc12)c1cc2ccccc2cc1O. The summed E-state index contributed by atoms with van der Waals surface area (Å²) in [5.74, 6) is -0.644. The first-order chi connectivity index (χ1) is 17.0. The fourth-order valence-electron chi connectivity index (χ4n) is 4.10. The number of rotatable bonds is 6. The molecule has 35 heavy (non-hydrogen) atoms. The van der Waals surface area contributed by atoms with Crippen molar-refractivity contribution in [3.63, 3.8) is 0 Å². The molecule has 5 rings (SSSR count). The molecular formula is C27H20N4O4. The lowest BCUT2D eigenvalue weighted by Crippen LogP contribution is -2.17. The molecule has 0 unspecified atom stereocenters. The molecule has 8 heteroatoms. The molecule has 4 aromatic carbocycles. The normalized spacial score (nSPS) is 11.3. The molecule has 1 aromatic heterocycles. The quantitative estimate of drug-likeness (QED) is 0.204. The first-order valence-corrected chi connectivity index (χ1v) is 10.9. The van der Waals surface area contributed by atoms with Crippen LogP contribution in [0.5, 0.6) is 5.75 Å². The van der Waals surface area contributed by atoms with Crippen LogP contribution in [0, 0.1) is 10.1 Å². The van der Waals surface area contributed by atoms with Gasteiger partial charge in [-0.3, -0.25) is 14.9 Å². The number of non-ortho nitro benzene ring substituents is 1. The van der Waals surface area contributed by atoms with Crippen molar-refractivity contribution in [2.75, 3.05) is 0 Å². The molecule has 8 nitrogen and oxygen atoms in total. The second-order valence-electron chi connectivity index (χ2n) is 8.07. The van der Waals surface area contributed by atoms with Crippen LogP contribution in [0.25, 0.3) is 21.7 Å². The van der Waals surface area contributed by atoms with Gasteiger partial charge in [0, 0.05) is 41.3 Å². The Bertz CT molecular complexity index is 1620. The Labute approximate surface area is 199 Å². The molecule has 0 radical (unpaired) electrons. The summed E-state index contributed by atoms with van der Waals surface area (Å²) < 4.78 is 1.98. The standard InChI is InChI=1S/C27H20N4O4/c32-26-14-20-8-2-1-7-19(20)13-24(26)27(33)29-28-15-21-17-30(25-11-4-3-10-23(21)25)16-18-6-5-9-22(12-18)31(34)35/h1-15,17,32H,16H2,(H,29,33). The number of phenolic OH excluding ortho intramolecular Hbond substituents is 1. The molecule has 0 saturated heterocycles. The Morgan fingerprint density at radius 2 is 1.74 bits per heavy atom. The van der Waals surface area contributed by atoms with Crippen LogP contribution < -0.4 is 5.43 Å². The van der Waals surface area contributed by atoms with E-state index in [4.69, 9.17) is 0 Å². The minimum absolute atomic E-state index is 0.0420. The number of benzene rings is 4. The van der Waals surface area contributed by atoms with E-state index in [0.29, 0.717) is 6.54 Å². The summed E-state index contributed by atoms with van der Waals surface area (Å²) in [5.41, 5.74) is 5.15. The number of para-hydroxylation sites is 1. The number of amides is 1. The van der Waals surface area contributed by atoms with Crippen LogP contribution in [-0.4, -0.2) is 26.7 Å². The molecular weight excluding hydrogens is 444 g/mol. The molecule has 0 saturated carbocycles. The maximum absolute atomic E-state index is 12.7. The molecule has 1 amide bonds. The molecule has 0 aliphatic carbocycles. The largest absolute Gasteiger partial charge is 0.507 e. The molecule has 1 heterocycles. The van der Waals surface area contributed by atoms with Crippen LogP contribution in [0.3, 0.4) is 0 Å². The summed E-state index contributed by atoms with van der Waals surface area (Å²) in [7, 11) is 0. The third kappa shape index (κ3) is 4.45. The molecule has 0 bridgehead atoms. The minimum Gasteiger partial charge on any atom is -0.507 e. The summed E-state index contributed by atoms with van der Waals surface area (Å²) in [6.07, 6.45) is 3.43. The molecule has 172 valence electrons. The van der Waals surface area contributed by atoms with Crippen LogP contribution in [0.15, 0.2) is 96.2 Å². The number of aromatic nitrogens is 1. The zero-order chi connectivity index (χ0) is 24.4. The van der Waals surface area contributed by atoms with Gasteiger partial charge in [-0.2, -0.15) is 5.10 Å². The molecule has 0 aliphatic heterocycles. The van der Waals surface area contributed by atoms with Crippen molar-refractivity contribution in [1.29, 1.82) is 0 Å². The van der Waals surface area contributed by atoms with Gasteiger partial charge in [-0.05, 0) is 34.5 Å². The number of fused-ring (bicyclic) bond motifs is 2. The zero-order valence-electron chi connectivity index (χ0n) is 18.5. The van der Waals surface area contributed by atoms with Crippen molar-refractivity contribution in [2.45, 2.75) is 6.54 Å². The number of hydrogen-bond acceptors (Lipinski definition) is 5. The maximum Gasteiger partial charge on any atom is 0.275 e. The molecule has 2 N–H and O–H groups in total. The Balaban J connectivity index is 1.39. The van der Waals surface area contributed by atoms with Gasteiger partial charge in [0.05, 0.1) is 16.7 Å². The maximum atomic E-state index is 12.7. The van der Waals surface area contributed by atoms with Crippen molar-refractivity contribution in [3.8, 4) is 5.75 Å². The van der Waals surface area contributed by atoms with E-state index in [9.17, 15) is 20.0 Å². The van der Waals surface area contributed by atoms with E-state index in [1.807, 2.05) is 65.4 Å². The van der Waals surface area contributed by atoms with Crippen molar-refractivity contribution < 1.29 is 14.8 Å². The molecule has 5 aromatic rings. The number of phenols is 1. The first-order valence-electron chi connectivity index (χ1n) is 10.9. The van der Waals surface area contributed by atoms with E-state index in [-0.39, 0.29) is 17.0 Å². The number of aromatic hydroxyl groups is 1. The van der Waals surface area contributed by atoms with Gasteiger partial charge in [0.15, 0.2) is 0 Å². The molecule has 0 spiro atoms. The Morgan fingerprint density at radius 3 is 2.54 bits per heavy atom. The second kappa shape index (κ2) is 9.11. The molecule has 0 atom stereocenters. The van der Waals surface area contributed by atoms with Crippen LogP contribution in [0.1, 0.15) is 21.5 Å². The van der Waals surface area contributed by atoms with E-state index in [0.717, 1.165) is 32.8 Å². The summed E-state index contributed by atoms with van der Waals surface area (Å²) in [6.45, 7) is 0.438. The number of nitrogens with one attached hydrogen (secondary N) is 1. The number of carbonyl (C=O) groups excluding carboxylic acids is 1. The van der Waals surface area contributed by atoms with E-state index >= 15 is 0 Å². The summed E-state index contributed by atoms with van der Waals surface area (Å²) in [5, 5.41) is 28.1. The van der Waals surface area contributed by atoms with Gasteiger partial charge in [0.2, 0.25) is 0 Å². The van der Waals surface area contributed by atoms with Crippen LogP contribution >= 0.6 is 0 Å². The Morgan fingerprint density at radius 1 is 1.00 bits per heavy atom. The van der Waals surface area contributed by atoms with Gasteiger partial charge in [0.1, 0.15) is 5.75 Å². The van der Waals surface area contributed by atoms with E-state index in [1.165, 1.54) is 6.07 Å². The topological polar surface area (TPSA) is 110 Å². The van der Waals surface area contributed by atoms with Crippen molar-refractivity contribution in [1.82, 2.24) is 9.99 Å². The fourth-order valence-corrected chi connectivity index (χ4v) is 4.10. The van der Waals surface area contributed by atoms with E-state index in [2.05, 4.69) is 10.5 Å². The van der Waals surface area contributed by atoms with Crippen LogP contribution in [0.4, 0.5) is 5.69 Å². The Kier molecular flexibility index (Phi) is 5.68. The van der Waals surface area contributed by atoms with Crippen molar-refractivity contribution in [3.05, 3.63) is 118 Å². The summed E-state index contributed by atoms with van der Waals surface area (Å²) >= 11 is 0. The molecule has 0 fully saturated rings. The minimum atomic E-state index is -0.523. The Hall–Kier alpha value is -4.98. The highest BCUT2D eigenvalue weighted by Crippen LogP contribution is 2.25. The summed E-state index contributed by atoms with van der Waals surface area (Å²) in [6, 6.07) is 24.9. The third-order valence-corrected chi connectivity index (χ3v) is 5.77. The average Bonchev–Trinajstić information content (AvgIpc) is 3.21. The van der Waals surface area contributed by atoms with Gasteiger partial charge >= 0.3 is 0 Å². The lowest BCUT2D eigenvalue weighted by Gasteiger charge is -2.05. The van der Waals surface area contributed by atoms with Gasteiger partial charge in [-0.25, -0.2) is 5.43 Å². The summed E-state index contributed by atoms with van der Waals surface area (Å²) in [4.78, 5) is 23.4. The van der Waals surface area contributed by atoms with Gasteiger partial charge < -0.3 is 9.67 Å².